The second kappa shape index (κ2) is 7.89. The zero-order valence-corrected chi connectivity index (χ0v) is 17.4. The van der Waals surface area contributed by atoms with E-state index in [-0.39, 0.29) is 16.8 Å². The molecular formula is C23H20F4N4O. The highest BCUT2D eigenvalue weighted by Crippen LogP contribution is 2.40. The highest BCUT2D eigenvalue weighted by Gasteiger charge is 2.36. The lowest BCUT2D eigenvalue weighted by Crippen LogP contribution is -2.44. The second-order valence-electron chi connectivity index (χ2n) is 8.20. The third kappa shape index (κ3) is 4.15. The number of benzene rings is 1. The van der Waals surface area contributed by atoms with Gasteiger partial charge in [-0.3, -0.25) is 10.2 Å². The molecule has 1 aliphatic rings. The van der Waals surface area contributed by atoms with E-state index in [4.69, 9.17) is 0 Å². The number of hydrogen-bond acceptors (Lipinski definition) is 3. The van der Waals surface area contributed by atoms with Gasteiger partial charge in [-0.05, 0) is 42.2 Å². The van der Waals surface area contributed by atoms with Crippen LogP contribution in [0.3, 0.4) is 0 Å². The van der Waals surface area contributed by atoms with E-state index in [0.717, 1.165) is 17.7 Å². The number of alkyl halides is 3. The Labute approximate surface area is 182 Å². The number of nitrogens with zero attached hydrogens (tertiary/aromatic N) is 3. The summed E-state index contributed by atoms with van der Waals surface area (Å²) in [5.74, 6) is -0.563. The molecule has 0 bridgehead atoms. The number of halogens is 4. The molecule has 0 saturated heterocycles. The Morgan fingerprint density at radius 1 is 1.12 bits per heavy atom. The number of pyridine rings is 2. The van der Waals surface area contributed by atoms with Crippen LogP contribution < -0.4 is 10.2 Å². The van der Waals surface area contributed by atoms with Crippen molar-refractivity contribution in [2.24, 2.45) is 0 Å². The van der Waals surface area contributed by atoms with Crippen molar-refractivity contribution >= 4 is 17.7 Å². The minimum Gasteiger partial charge on any atom is -0.289 e. The molecule has 1 aliphatic heterocycles. The van der Waals surface area contributed by atoms with E-state index in [1.807, 2.05) is 13.8 Å². The topological polar surface area (TPSA) is 58.1 Å². The Kier molecular flexibility index (Phi) is 5.36. The molecule has 2 amide bonds. The minimum absolute atomic E-state index is 0.210. The van der Waals surface area contributed by atoms with Gasteiger partial charge in [0.25, 0.3) is 0 Å². The molecule has 3 aromatic rings. The maximum absolute atomic E-state index is 14.0. The number of nitrogens with one attached hydrogen (secondary N) is 1. The van der Waals surface area contributed by atoms with Gasteiger partial charge in [0.1, 0.15) is 5.82 Å². The summed E-state index contributed by atoms with van der Waals surface area (Å²) >= 11 is 0. The Bertz CT molecular complexity index is 1180. The molecule has 0 aliphatic carbocycles. The van der Waals surface area contributed by atoms with Crippen molar-refractivity contribution in [3.8, 4) is 11.3 Å². The SMILES string of the molecule is CC1(C)CCN(C(=O)Nc2ncccc2F)c2nc(-c3cccc(C(F)(F)F)c3)ccc21. The van der Waals surface area contributed by atoms with Gasteiger partial charge in [0.15, 0.2) is 11.6 Å². The highest BCUT2D eigenvalue weighted by molar-refractivity contribution is 6.01. The van der Waals surface area contributed by atoms with Crippen LogP contribution in [0.15, 0.2) is 54.7 Å². The van der Waals surface area contributed by atoms with Crippen molar-refractivity contribution in [1.82, 2.24) is 9.97 Å². The van der Waals surface area contributed by atoms with Gasteiger partial charge in [-0.1, -0.05) is 32.0 Å². The van der Waals surface area contributed by atoms with E-state index in [1.165, 1.54) is 35.4 Å². The fraction of sp³-hybridized carbons (Fsp3) is 0.261. The number of hydrogen-bond donors (Lipinski definition) is 1. The van der Waals surface area contributed by atoms with Crippen LogP contribution in [-0.2, 0) is 11.6 Å². The summed E-state index contributed by atoms with van der Waals surface area (Å²) in [6, 6.07) is 10.3. The fourth-order valence-corrected chi connectivity index (χ4v) is 3.67. The maximum Gasteiger partial charge on any atom is 0.416 e. The molecule has 4 rings (SSSR count). The van der Waals surface area contributed by atoms with Gasteiger partial charge in [0, 0.05) is 23.9 Å². The van der Waals surface area contributed by atoms with Crippen LogP contribution in [0, 0.1) is 5.82 Å². The van der Waals surface area contributed by atoms with E-state index in [0.29, 0.717) is 24.5 Å². The number of carbonyl (C=O) groups is 1. The number of carbonyl (C=O) groups excluding carboxylic acids is 1. The first-order valence-electron chi connectivity index (χ1n) is 9.94. The van der Waals surface area contributed by atoms with Gasteiger partial charge in [-0.2, -0.15) is 13.2 Å². The van der Waals surface area contributed by atoms with Crippen LogP contribution in [0.5, 0.6) is 0 Å². The van der Waals surface area contributed by atoms with Gasteiger partial charge >= 0.3 is 12.2 Å². The van der Waals surface area contributed by atoms with Crippen LogP contribution in [0.2, 0.25) is 0 Å². The van der Waals surface area contributed by atoms with Crippen LogP contribution in [0.25, 0.3) is 11.3 Å². The summed E-state index contributed by atoms with van der Waals surface area (Å²) in [6.07, 6.45) is -2.50. The fourth-order valence-electron chi connectivity index (χ4n) is 3.67. The molecule has 166 valence electrons. The number of anilines is 2. The third-order valence-corrected chi connectivity index (χ3v) is 5.53. The molecule has 0 spiro atoms. The summed E-state index contributed by atoms with van der Waals surface area (Å²) in [6.45, 7) is 4.32. The van der Waals surface area contributed by atoms with Crippen LogP contribution >= 0.6 is 0 Å². The number of fused-ring (bicyclic) bond motifs is 1. The normalized spacial score (nSPS) is 15.2. The molecule has 1 N–H and O–H groups in total. The largest absolute Gasteiger partial charge is 0.416 e. The molecule has 2 aromatic heterocycles. The lowest BCUT2D eigenvalue weighted by molar-refractivity contribution is -0.137. The summed E-state index contributed by atoms with van der Waals surface area (Å²) in [5.41, 5.74) is 0.268. The molecule has 9 heteroatoms. The standard InChI is InChI=1S/C23H20F4N4O/c1-22(2)10-12-31(21(32)30-19-17(24)7-4-11-28-19)20-16(22)8-9-18(29-20)14-5-3-6-15(13-14)23(25,26)27/h3-9,11,13H,10,12H2,1-2H3,(H,28,30,32). The molecule has 0 fully saturated rings. The van der Waals surface area contributed by atoms with E-state index >= 15 is 0 Å². The Hall–Kier alpha value is -3.49. The number of urea groups is 1. The molecule has 0 atom stereocenters. The predicted molar refractivity (Wildman–Crippen MR) is 113 cm³/mol. The molecule has 5 nitrogen and oxygen atoms in total. The lowest BCUT2D eigenvalue weighted by atomic mass is 9.79. The van der Waals surface area contributed by atoms with Crippen molar-refractivity contribution < 1.29 is 22.4 Å². The molecule has 0 radical (unpaired) electrons. The third-order valence-electron chi connectivity index (χ3n) is 5.53. The summed E-state index contributed by atoms with van der Waals surface area (Å²) < 4.78 is 53.4. The van der Waals surface area contributed by atoms with E-state index in [1.54, 1.807) is 12.1 Å². The van der Waals surface area contributed by atoms with Crippen molar-refractivity contribution in [2.45, 2.75) is 31.9 Å². The first-order valence-corrected chi connectivity index (χ1v) is 9.94. The highest BCUT2D eigenvalue weighted by atomic mass is 19.4. The average molecular weight is 444 g/mol. The van der Waals surface area contributed by atoms with E-state index in [2.05, 4.69) is 15.3 Å². The van der Waals surface area contributed by atoms with Gasteiger partial charge in [-0.25, -0.2) is 19.2 Å². The van der Waals surface area contributed by atoms with E-state index in [9.17, 15) is 22.4 Å². The van der Waals surface area contributed by atoms with Crippen LogP contribution in [0.1, 0.15) is 31.4 Å². The van der Waals surface area contributed by atoms with Gasteiger partial charge in [0.2, 0.25) is 0 Å². The van der Waals surface area contributed by atoms with Crippen LogP contribution in [-0.4, -0.2) is 22.5 Å². The monoisotopic (exact) mass is 444 g/mol. The summed E-state index contributed by atoms with van der Waals surface area (Å²) in [7, 11) is 0. The zero-order valence-electron chi connectivity index (χ0n) is 17.4. The van der Waals surface area contributed by atoms with Gasteiger partial charge in [-0.15, -0.1) is 0 Å². The van der Waals surface area contributed by atoms with Crippen molar-refractivity contribution in [3.05, 3.63) is 71.7 Å². The van der Waals surface area contributed by atoms with Gasteiger partial charge in [0.05, 0.1) is 11.3 Å². The average Bonchev–Trinajstić information content (AvgIpc) is 2.74. The second-order valence-corrected chi connectivity index (χ2v) is 8.20. The van der Waals surface area contributed by atoms with E-state index < -0.39 is 23.6 Å². The number of aromatic nitrogens is 2. The zero-order chi connectivity index (χ0) is 23.1. The van der Waals surface area contributed by atoms with Gasteiger partial charge < -0.3 is 0 Å². The molecular weight excluding hydrogens is 424 g/mol. The number of amides is 2. The molecule has 1 aromatic carbocycles. The minimum atomic E-state index is -4.48. The summed E-state index contributed by atoms with van der Waals surface area (Å²) in [5, 5.41) is 2.45. The first-order chi connectivity index (χ1) is 15.1. The Morgan fingerprint density at radius 3 is 2.62 bits per heavy atom. The quantitative estimate of drug-likeness (QED) is 0.492. The Balaban J connectivity index is 1.74. The van der Waals surface area contributed by atoms with Crippen molar-refractivity contribution in [3.63, 3.8) is 0 Å². The smallest absolute Gasteiger partial charge is 0.289 e. The first kappa shape index (κ1) is 21.7. The number of rotatable bonds is 2. The summed E-state index contributed by atoms with van der Waals surface area (Å²) in [4.78, 5) is 22.7. The molecule has 0 saturated carbocycles. The molecule has 3 heterocycles. The maximum atomic E-state index is 14.0. The predicted octanol–water partition coefficient (Wildman–Crippen LogP) is 6.02. The lowest BCUT2D eigenvalue weighted by Gasteiger charge is -2.38. The van der Waals surface area contributed by atoms with Crippen LogP contribution in [0.4, 0.5) is 34.0 Å². The Morgan fingerprint density at radius 2 is 1.91 bits per heavy atom. The van der Waals surface area contributed by atoms with Crippen molar-refractivity contribution in [1.29, 1.82) is 0 Å². The van der Waals surface area contributed by atoms with Crippen molar-refractivity contribution in [2.75, 3.05) is 16.8 Å². The molecule has 32 heavy (non-hydrogen) atoms. The molecule has 0 unspecified atom stereocenters.